The predicted molar refractivity (Wildman–Crippen MR) is 107 cm³/mol. The molecule has 3 rings (SSSR count). The van der Waals surface area contributed by atoms with Gasteiger partial charge in [0.15, 0.2) is 23.3 Å². The van der Waals surface area contributed by atoms with Gasteiger partial charge in [-0.25, -0.2) is 35.3 Å². The molecule has 1 unspecified atom stereocenters. The number of hydrogen-bond acceptors (Lipinski definition) is 2. The molecule has 0 saturated heterocycles. The molecule has 0 saturated carbocycles. The Kier molecular flexibility index (Phi) is 5.97. The number of anilines is 1. The van der Waals surface area contributed by atoms with Crippen LogP contribution in [0.3, 0.4) is 0 Å². The van der Waals surface area contributed by atoms with Crippen LogP contribution in [0.15, 0.2) is 18.2 Å². The number of alkyl halides is 1. The van der Waals surface area contributed by atoms with E-state index in [1.165, 1.54) is 40.0 Å². The number of nitrogens with one attached hydrogen (secondary N) is 1. The van der Waals surface area contributed by atoms with Crippen LogP contribution in [0, 0.1) is 36.0 Å². The van der Waals surface area contributed by atoms with E-state index in [-0.39, 0.29) is 11.3 Å². The highest BCUT2D eigenvalue weighted by molar-refractivity contribution is 7.84. The minimum absolute atomic E-state index is 0.0420. The van der Waals surface area contributed by atoms with E-state index < -0.39 is 68.0 Å². The van der Waals surface area contributed by atoms with Crippen molar-refractivity contribution in [3.05, 3.63) is 64.0 Å². The molecule has 2 aromatic carbocycles. The number of rotatable bonds is 4. The number of fused-ring (bicyclic) bond motifs is 1. The third kappa shape index (κ3) is 3.51. The lowest BCUT2D eigenvalue weighted by atomic mass is 9.84. The molecule has 0 bridgehead atoms. The molecule has 1 aliphatic rings. The second-order valence-electron chi connectivity index (χ2n) is 8.51. The lowest BCUT2D eigenvalue weighted by molar-refractivity contribution is -0.131. The second kappa shape index (κ2) is 7.87. The van der Waals surface area contributed by atoms with Crippen LogP contribution in [-0.2, 0) is 21.4 Å². The lowest BCUT2D eigenvalue weighted by Gasteiger charge is -2.33. The predicted octanol–water partition coefficient (Wildman–Crippen LogP) is 4.62. The molecule has 0 spiro atoms. The van der Waals surface area contributed by atoms with Gasteiger partial charge in [0.05, 0.1) is 33.0 Å². The van der Waals surface area contributed by atoms with Crippen LogP contribution in [0.1, 0.15) is 43.5 Å². The summed E-state index contributed by atoms with van der Waals surface area (Å²) in [5.41, 5.74) is -4.77. The largest absolute Gasteiger partial charge is 0.312 e. The van der Waals surface area contributed by atoms with Crippen molar-refractivity contribution < 1.29 is 35.3 Å². The van der Waals surface area contributed by atoms with Crippen molar-refractivity contribution in [1.82, 2.24) is 4.72 Å². The van der Waals surface area contributed by atoms with E-state index in [0.717, 1.165) is 4.90 Å². The Bertz CT molecular complexity index is 1120. The Morgan fingerprint density at radius 3 is 2.00 bits per heavy atom. The average molecular weight is 478 g/mol. The van der Waals surface area contributed by atoms with E-state index in [0.29, 0.717) is 5.56 Å². The molecular formula is C21H20F6N2O2S. The van der Waals surface area contributed by atoms with Gasteiger partial charge in [-0.3, -0.25) is 4.79 Å². The van der Waals surface area contributed by atoms with Crippen molar-refractivity contribution in [3.8, 4) is 0 Å². The van der Waals surface area contributed by atoms with E-state index in [2.05, 4.69) is 4.72 Å². The molecule has 2 aromatic rings. The molecule has 1 N–H and O–H groups in total. The van der Waals surface area contributed by atoms with Gasteiger partial charge in [0, 0.05) is 12.6 Å². The number of amides is 1. The Labute approximate surface area is 183 Å². The van der Waals surface area contributed by atoms with Gasteiger partial charge in [0.2, 0.25) is 11.5 Å². The van der Waals surface area contributed by atoms with E-state index in [4.69, 9.17) is 0 Å². The minimum atomic E-state index is -3.32. The highest BCUT2D eigenvalue weighted by Gasteiger charge is 2.59. The Hall–Kier alpha value is -2.40. The Morgan fingerprint density at radius 1 is 1.00 bits per heavy atom. The first-order valence-electron chi connectivity index (χ1n) is 9.41. The first-order valence-corrected chi connectivity index (χ1v) is 10.6. The van der Waals surface area contributed by atoms with Crippen molar-refractivity contribution >= 4 is 22.6 Å². The third-order valence-corrected chi connectivity index (χ3v) is 6.79. The third-order valence-electron chi connectivity index (χ3n) is 5.23. The molecule has 0 fully saturated rings. The van der Waals surface area contributed by atoms with Crippen LogP contribution in [0.4, 0.5) is 32.0 Å². The zero-order chi connectivity index (χ0) is 24.3. The summed E-state index contributed by atoms with van der Waals surface area (Å²) in [6.45, 7) is 5.89. The lowest BCUT2D eigenvalue weighted by Crippen LogP contribution is -2.49. The molecule has 11 heteroatoms. The maximum absolute atomic E-state index is 16.7. The molecular weight excluding hydrogens is 458 g/mol. The highest BCUT2D eigenvalue weighted by Crippen LogP contribution is 2.51. The molecule has 0 aliphatic carbocycles. The van der Waals surface area contributed by atoms with Gasteiger partial charge in [-0.05, 0) is 33.8 Å². The molecule has 3 atom stereocenters. The van der Waals surface area contributed by atoms with Crippen LogP contribution in [0.2, 0.25) is 0 Å². The molecule has 1 aliphatic heterocycles. The van der Waals surface area contributed by atoms with Crippen molar-refractivity contribution in [2.24, 2.45) is 0 Å². The summed E-state index contributed by atoms with van der Waals surface area (Å²) in [7, 11) is -1.06. The monoisotopic (exact) mass is 478 g/mol. The Morgan fingerprint density at radius 2 is 1.50 bits per heavy atom. The fraction of sp³-hybridized carbons (Fsp3) is 0.381. The number of halogens is 6. The molecule has 1 amide bonds. The van der Waals surface area contributed by atoms with Gasteiger partial charge < -0.3 is 4.90 Å². The van der Waals surface area contributed by atoms with Crippen molar-refractivity contribution in [2.75, 3.05) is 11.9 Å². The normalized spacial score (nSPS) is 20.5. The second-order valence-corrected chi connectivity index (χ2v) is 10.5. The summed E-state index contributed by atoms with van der Waals surface area (Å²) in [6.07, 6.45) is 0. The Balaban J connectivity index is 2.38. The number of carbonyl (C=O) groups excluding carboxylic acids is 1. The van der Waals surface area contributed by atoms with Crippen molar-refractivity contribution in [3.63, 3.8) is 0 Å². The number of carbonyl (C=O) groups is 1. The van der Waals surface area contributed by atoms with E-state index in [1.807, 2.05) is 0 Å². The molecule has 174 valence electrons. The molecule has 4 nitrogen and oxygen atoms in total. The summed E-state index contributed by atoms with van der Waals surface area (Å²) in [4.78, 5) is 13.9. The van der Waals surface area contributed by atoms with Crippen LogP contribution in [-0.4, -0.2) is 21.9 Å². The zero-order valence-corrected chi connectivity index (χ0v) is 18.6. The van der Waals surface area contributed by atoms with Gasteiger partial charge >= 0.3 is 0 Å². The fourth-order valence-corrected chi connectivity index (χ4v) is 4.33. The standard InChI is InChI=1S/C21H20F6N2O2S/c1-9-6-7-11-10(8-9)21(27,19(30)29(11)5)18(28-32(31)20(2,3)4)12-13(22)15(24)17(26)16(25)14(12)23/h6-8,18,28H,1-5H3/t18-,21-,32?/m0/s1. The van der Waals surface area contributed by atoms with Crippen molar-refractivity contribution in [2.45, 2.75) is 44.2 Å². The number of benzene rings is 2. The fourth-order valence-electron chi connectivity index (χ4n) is 3.48. The van der Waals surface area contributed by atoms with E-state index in [9.17, 15) is 31.0 Å². The summed E-state index contributed by atoms with van der Waals surface area (Å²) >= 11 is 0. The molecule has 32 heavy (non-hydrogen) atoms. The first kappa shape index (κ1) is 24.2. The summed E-state index contributed by atoms with van der Waals surface area (Å²) in [5, 5.41) is 0. The maximum Gasteiger partial charge on any atom is 0.271 e. The van der Waals surface area contributed by atoms with Gasteiger partial charge in [0.25, 0.3) is 5.91 Å². The minimum Gasteiger partial charge on any atom is -0.312 e. The topological polar surface area (TPSA) is 49.4 Å². The summed E-state index contributed by atoms with van der Waals surface area (Å²) in [6, 6.07) is 1.69. The molecule has 1 heterocycles. The zero-order valence-electron chi connectivity index (χ0n) is 17.7. The van der Waals surface area contributed by atoms with Crippen LogP contribution in [0.25, 0.3) is 0 Å². The number of hydrogen-bond donors (Lipinski definition) is 1. The number of aryl methyl sites for hydroxylation is 1. The van der Waals surface area contributed by atoms with Crippen LogP contribution >= 0.6 is 0 Å². The highest BCUT2D eigenvalue weighted by atomic mass is 32.2. The van der Waals surface area contributed by atoms with Gasteiger partial charge in [-0.2, -0.15) is 0 Å². The molecule has 0 radical (unpaired) electrons. The summed E-state index contributed by atoms with van der Waals surface area (Å²) < 4.78 is 102. The van der Waals surface area contributed by atoms with Gasteiger partial charge in [0.1, 0.15) is 0 Å². The SMILES string of the molecule is Cc1ccc2c(c1)[C@](F)([C@@H](NS(=O)C(C)(C)C)c1c(F)c(F)c(F)c(F)c1F)C(=O)N2C. The van der Waals surface area contributed by atoms with Crippen LogP contribution in [0.5, 0.6) is 0 Å². The smallest absolute Gasteiger partial charge is 0.271 e. The quantitative estimate of drug-likeness (QED) is 0.396. The molecule has 0 aromatic heterocycles. The van der Waals surface area contributed by atoms with E-state index in [1.54, 1.807) is 13.0 Å². The van der Waals surface area contributed by atoms with Crippen LogP contribution < -0.4 is 9.62 Å². The maximum atomic E-state index is 16.7. The van der Waals surface area contributed by atoms with E-state index >= 15 is 4.39 Å². The summed E-state index contributed by atoms with van der Waals surface area (Å²) in [5.74, 6) is -13.0. The average Bonchev–Trinajstić information content (AvgIpc) is 2.91. The number of likely N-dealkylation sites (N-methyl/N-ethyl adjacent to an activating group) is 1. The van der Waals surface area contributed by atoms with Gasteiger partial charge in [-0.1, -0.05) is 17.7 Å². The first-order chi connectivity index (χ1) is 14.6. The number of nitrogens with zero attached hydrogens (tertiary/aromatic N) is 1. The van der Waals surface area contributed by atoms with Gasteiger partial charge in [-0.15, -0.1) is 0 Å². The van der Waals surface area contributed by atoms with Crippen molar-refractivity contribution in [1.29, 1.82) is 0 Å².